The quantitative estimate of drug-likeness (QED) is 0.538. The molecule has 0 bridgehead atoms. The van der Waals surface area contributed by atoms with Crippen molar-refractivity contribution in [1.29, 1.82) is 0 Å². The normalized spacial score (nSPS) is 10.9. The molecule has 0 radical (unpaired) electrons. The average molecular weight is 319 g/mol. The van der Waals surface area contributed by atoms with Crippen molar-refractivity contribution >= 4 is 10.9 Å². The molecule has 0 aliphatic heterocycles. The Morgan fingerprint density at radius 1 is 0.609 bits per heavy atom. The summed E-state index contributed by atoms with van der Waals surface area (Å²) in [5.74, 6) is 1.16. The largest absolute Gasteiger partial charge is 0.160 e. The second-order valence-electron chi connectivity index (χ2n) is 5.96. The van der Waals surface area contributed by atoms with Crippen LogP contribution in [0.2, 0.25) is 0 Å². The summed E-state index contributed by atoms with van der Waals surface area (Å²) in [6, 6.07) is 28.9. The van der Waals surface area contributed by atoms with E-state index in [0.717, 1.165) is 12.2 Å². The van der Waals surface area contributed by atoms with Crippen molar-refractivity contribution in [3.63, 3.8) is 0 Å². The van der Waals surface area contributed by atoms with Crippen molar-refractivity contribution in [3.05, 3.63) is 95.6 Å². The van der Waals surface area contributed by atoms with Gasteiger partial charge in [-0.05, 0) is 43.7 Å². The minimum atomic E-state index is 0.132. The molecule has 0 aliphatic carbocycles. The number of rotatable bonds is 5. The first-order valence-electron chi connectivity index (χ1n) is 8.10. The molecule has 0 aliphatic rings. The molecule has 0 nitrogen and oxygen atoms in total. The maximum Gasteiger partial charge on any atom is 0.160 e. The van der Waals surface area contributed by atoms with Gasteiger partial charge < -0.3 is 0 Å². The lowest BCUT2D eigenvalue weighted by molar-refractivity contribution is 1.13. The molecule has 116 valence electrons. The Balaban J connectivity index is 1.86. The van der Waals surface area contributed by atoms with E-state index in [1.54, 1.807) is 0 Å². The van der Waals surface area contributed by atoms with Crippen LogP contribution in [0.1, 0.15) is 16.7 Å². The number of benzene rings is 3. The molecule has 0 spiro atoms. The van der Waals surface area contributed by atoms with Crippen LogP contribution < -0.4 is 0 Å². The van der Waals surface area contributed by atoms with Crippen molar-refractivity contribution in [3.8, 4) is 0 Å². The second-order valence-corrected chi connectivity index (χ2v) is 8.09. The van der Waals surface area contributed by atoms with Gasteiger partial charge in [0, 0.05) is 6.42 Å². The van der Waals surface area contributed by atoms with Gasteiger partial charge in [-0.3, -0.25) is 0 Å². The maximum absolute atomic E-state index is 2.29. The molecule has 23 heavy (non-hydrogen) atoms. The molecule has 0 amide bonds. The highest BCUT2D eigenvalue weighted by Crippen LogP contribution is 2.25. The Bertz CT molecular complexity index is 682. The Hall–Kier alpha value is -1.99. The number of aryl methyl sites for hydroxylation is 3. The highest BCUT2D eigenvalue weighted by Gasteiger charge is 2.24. The molecule has 0 unspecified atom stereocenters. The highest BCUT2D eigenvalue weighted by molar-refractivity contribution is 7.97. The summed E-state index contributed by atoms with van der Waals surface area (Å²) in [4.78, 5) is 2.88. The molecular weight excluding hydrogens is 296 g/mol. The lowest BCUT2D eigenvalue weighted by Crippen LogP contribution is -2.11. The van der Waals surface area contributed by atoms with Gasteiger partial charge in [-0.15, -0.1) is 0 Å². The average Bonchev–Trinajstić information content (AvgIpc) is 2.59. The predicted octanol–water partition coefficient (Wildman–Crippen LogP) is 5.58. The van der Waals surface area contributed by atoms with Gasteiger partial charge in [0.25, 0.3) is 0 Å². The van der Waals surface area contributed by atoms with Crippen LogP contribution in [-0.2, 0) is 17.3 Å². The third-order valence-electron chi connectivity index (χ3n) is 4.05. The molecule has 0 aromatic heterocycles. The Kier molecular flexibility index (Phi) is 5.19. The zero-order chi connectivity index (χ0) is 16.1. The van der Waals surface area contributed by atoms with Gasteiger partial charge in [0.15, 0.2) is 9.79 Å². The van der Waals surface area contributed by atoms with Crippen LogP contribution in [0.25, 0.3) is 0 Å². The van der Waals surface area contributed by atoms with E-state index in [1.165, 1.54) is 26.5 Å². The monoisotopic (exact) mass is 319 g/mol. The third-order valence-corrected chi connectivity index (χ3v) is 6.34. The summed E-state index contributed by atoms with van der Waals surface area (Å²) in [5, 5.41) is 0. The summed E-state index contributed by atoms with van der Waals surface area (Å²) < 4.78 is 0. The zero-order valence-corrected chi connectivity index (χ0v) is 14.6. The Morgan fingerprint density at radius 3 is 1.57 bits per heavy atom. The molecule has 1 heteroatoms. The van der Waals surface area contributed by atoms with Crippen LogP contribution in [0.15, 0.2) is 88.7 Å². The first-order valence-corrected chi connectivity index (χ1v) is 9.50. The highest BCUT2D eigenvalue weighted by atomic mass is 32.2. The van der Waals surface area contributed by atoms with E-state index >= 15 is 0 Å². The fourth-order valence-electron chi connectivity index (χ4n) is 2.64. The number of hydrogen-bond donors (Lipinski definition) is 0. The fraction of sp³-hybridized carbons (Fsp3) is 0.182. The van der Waals surface area contributed by atoms with E-state index in [4.69, 9.17) is 0 Å². The van der Waals surface area contributed by atoms with Crippen molar-refractivity contribution in [2.24, 2.45) is 0 Å². The van der Waals surface area contributed by atoms with Crippen molar-refractivity contribution in [1.82, 2.24) is 0 Å². The first kappa shape index (κ1) is 15.9. The van der Waals surface area contributed by atoms with Crippen LogP contribution in [0, 0.1) is 13.8 Å². The molecule has 3 rings (SSSR count). The minimum absolute atomic E-state index is 0.132. The Labute approximate surface area is 142 Å². The van der Waals surface area contributed by atoms with Gasteiger partial charge in [0.2, 0.25) is 0 Å². The molecule has 3 aromatic rings. The first-order chi connectivity index (χ1) is 11.2. The van der Waals surface area contributed by atoms with Gasteiger partial charge in [-0.1, -0.05) is 65.7 Å². The van der Waals surface area contributed by atoms with E-state index in [-0.39, 0.29) is 10.9 Å². The van der Waals surface area contributed by atoms with E-state index in [9.17, 15) is 0 Å². The van der Waals surface area contributed by atoms with Crippen LogP contribution in [0.4, 0.5) is 0 Å². The molecule has 0 atom stereocenters. The molecule has 0 N–H and O–H groups in total. The SMILES string of the molecule is Cc1ccc([S+](CCc2ccccc2)c2ccc(C)cc2)cc1. The predicted molar refractivity (Wildman–Crippen MR) is 101 cm³/mol. The van der Waals surface area contributed by atoms with Crippen LogP contribution >= 0.6 is 0 Å². The van der Waals surface area contributed by atoms with Crippen LogP contribution in [-0.4, -0.2) is 5.75 Å². The third kappa shape index (κ3) is 4.27. The molecule has 0 fully saturated rings. The summed E-state index contributed by atoms with van der Waals surface area (Å²) in [6.07, 6.45) is 1.12. The maximum atomic E-state index is 2.29. The molecular formula is C22H23S+. The minimum Gasteiger partial charge on any atom is -0.0622 e. The van der Waals surface area contributed by atoms with Crippen molar-refractivity contribution in [2.75, 3.05) is 5.75 Å². The van der Waals surface area contributed by atoms with E-state index < -0.39 is 0 Å². The van der Waals surface area contributed by atoms with Gasteiger partial charge in [-0.25, -0.2) is 0 Å². The molecule has 3 aromatic carbocycles. The van der Waals surface area contributed by atoms with Gasteiger partial charge >= 0.3 is 0 Å². The summed E-state index contributed by atoms with van der Waals surface area (Å²) in [6.45, 7) is 4.30. The second kappa shape index (κ2) is 7.52. The van der Waals surface area contributed by atoms with Gasteiger partial charge in [0.1, 0.15) is 5.75 Å². The molecule has 0 heterocycles. The smallest absolute Gasteiger partial charge is 0.0622 e. The molecule has 0 saturated heterocycles. The summed E-state index contributed by atoms with van der Waals surface area (Å²) in [5.41, 5.74) is 4.07. The van der Waals surface area contributed by atoms with Gasteiger partial charge in [-0.2, -0.15) is 0 Å². The Morgan fingerprint density at radius 2 is 1.09 bits per heavy atom. The van der Waals surface area contributed by atoms with Crippen LogP contribution in [0.3, 0.4) is 0 Å². The topological polar surface area (TPSA) is 0 Å². The lowest BCUT2D eigenvalue weighted by atomic mass is 10.2. The van der Waals surface area contributed by atoms with Crippen molar-refractivity contribution in [2.45, 2.75) is 30.1 Å². The lowest BCUT2D eigenvalue weighted by Gasteiger charge is -2.09. The van der Waals surface area contributed by atoms with Crippen LogP contribution in [0.5, 0.6) is 0 Å². The van der Waals surface area contributed by atoms with Crippen molar-refractivity contribution < 1.29 is 0 Å². The summed E-state index contributed by atoms with van der Waals surface area (Å²) in [7, 11) is 0.132. The van der Waals surface area contributed by atoms with E-state index in [2.05, 4.69) is 92.7 Å². The summed E-state index contributed by atoms with van der Waals surface area (Å²) >= 11 is 0. The molecule has 0 saturated carbocycles. The van der Waals surface area contributed by atoms with E-state index in [0.29, 0.717) is 0 Å². The van der Waals surface area contributed by atoms with Gasteiger partial charge in [0.05, 0.1) is 10.9 Å². The zero-order valence-electron chi connectivity index (χ0n) is 13.8. The fourth-order valence-corrected chi connectivity index (χ4v) is 4.75. The standard InChI is InChI=1S/C22H23S/c1-18-8-12-21(13-9-18)23(22-14-10-19(2)11-15-22)17-16-20-6-4-3-5-7-20/h3-15H,16-17H2,1-2H3/q+1. The van der Waals surface area contributed by atoms with E-state index in [1.807, 2.05) is 0 Å². The number of hydrogen-bond acceptors (Lipinski definition) is 0.